The van der Waals surface area contributed by atoms with E-state index in [-0.39, 0.29) is 17.2 Å². The quantitative estimate of drug-likeness (QED) is 0.704. The van der Waals surface area contributed by atoms with Gasteiger partial charge >= 0.3 is 0 Å². The van der Waals surface area contributed by atoms with E-state index in [4.69, 9.17) is 4.74 Å². The number of aromatic hydroxyl groups is 1. The summed E-state index contributed by atoms with van der Waals surface area (Å²) in [5.74, 6) is -1.20. The molecule has 0 bridgehead atoms. The van der Waals surface area contributed by atoms with E-state index in [0.29, 0.717) is 32.0 Å². The highest BCUT2D eigenvalue weighted by Gasteiger charge is 2.27. The molecule has 1 aliphatic heterocycles. The van der Waals surface area contributed by atoms with Crippen LogP contribution in [-0.2, 0) is 9.53 Å². The molecular formula is C18H21N3O5. The monoisotopic (exact) mass is 359 g/mol. The van der Waals surface area contributed by atoms with Crippen LogP contribution in [0.5, 0.6) is 5.75 Å². The summed E-state index contributed by atoms with van der Waals surface area (Å²) in [4.78, 5) is 26.6. The van der Waals surface area contributed by atoms with Crippen LogP contribution in [0.2, 0.25) is 0 Å². The Hall–Kier alpha value is -2.84. The van der Waals surface area contributed by atoms with Gasteiger partial charge in [-0.2, -0.15) is 0 Å². The number of phenolic OH excluding ortho intramolecular Hbond substituents is 1. The van der Waals surface area contributed by atoms with Crippen molar-refractivity contribution in [2.45, 2.75) is 6.04 Å². The number of ether oxygens (including phenoxy) is 1. The lowest BCUT2D eigenvalue weighted by atomic mass is 10.1. The van der Waals surface area contributed by atoms with Gasteiger partial charge in [0.2, 0.25) is 5.91 Å². The van der Waals surface area contributed by atoms with Gasteiger partial charge in [-0.3, -0.25) is 9.59 Å². The lowest BCUT2D eigenvalue weighted by molar-refractivity contribution is -0.138. The number of benzene rings is 1. The van der Waals surface area contributed by atoms with Crippen LogP contribution < -0.4 is 5.32 Å². The van der Waals surface area contributed by atoms with Crippen LogP contribution in [0.15, 0.2) is 42.7 Å². The first-order valence-corrected chi connectivity index (χ1v) is 8.35. The number of phenols is 1. The molecule has 3 rings (SSSR count). The molecule has 3 N–H and O–H groups in total. The minimum absolute atomic E-state index is 0.0319. The fraction of sp³-hybridized carbons (Fsp3) is 0.333. The molecule has 1 atom stereocenters. The van der Waals surface area contributed by atoms with Gasteiger partial charge in [-0.05, 0) is 30.3 Å². The van der Waals surface area contributed by atoms with Crippen molar-refractivity contribution in [2.75, 3.05) is 32.9 Å². The molecule has 1 fully saturated rings. The zero-order valence-electron chi connectivity index (χ0n) is 14.2. The fourth-order valence-corrected chi connectivity index (χ4v) is 2.80. The second-order valence-corrected chi connectivity index (χ2v) is 5.94. The average Bonchev–Trinajstić information content (AvgIpc) is 3.21. The van der Waals surface area contributed by atoms with Crippen molar-refractivity contribution in [1.82, 2.24) is 14.8 Å². The first-order chi connectivity index (χ1) is 12.6. The summed E-state index contributed by atoms with van der Waals surface area (Å²) < 4.78 is 6.99. The molecule has 138 valence electrons. The third-order valence-corrected chi connectivity index (χ3v) is 4.24. The second kappa shape index (κ2) is 8.03. The summed E-state index contributed by atoms with van der Waals surface area (Å²) in [5, 5.41) is 22.1. The van der Waals surface area contributed by atoms with Crippen LogP contribution in [-0.4, -0.2) is 70.4 Å². The van der Waals surface area contributed by atoms with Crippen molar-refractivity contribution in [1.29, 1.82) is 0 Å². The van der Waals surface area contributed by atoms with Gasteiger partial charge in [-0.1, -0.05) is 0 Å². The van der Waals surface area contributed by atoms with Crippen molar-refractivity contribution in [3.05, 3.63) is 48.3 Å². The smallest absolute Gasteiger partial charge is 0.255 e. The van der Waals surface area contributed by atoms with Crippen LogP contribution in [0, 0.1) is 0 Å². The van der Waals surface area contributed by atoms with Crippen molar-refractivity contribution in [3.8, 4) is 11.4 Å². The molecule has 1 aromatic heterocycles. The fourth-order valence-electron chi connectivity index (χ4n) is 2.80. The molecule has 2 heterocycles. The van der Waals surface area contributed by atoms with Crippen LogP contribution in [0.25, 0.3) is 5.69 Å². The molecule has 1 aromatic carbocycles. The van der Waals surface area contributed by atoms with Crippen molar-refractivity contribution in [3.63, 3.8) is 0 Å². The summed E-state index contributed by atoms with van der Waals surface area (Å²) in [6, 6.07) is 7.23. The topological polar surface area (TPSA) is 104 Å². The first kappa shape index (κ1) is 18.0. The Bertz CT molecular complexity index is 769. The molecule has 2 amide bonds. The number of nitrogens with zero attached hydrogens (tertiary/aromatic N) is 2. The number of carbonyl (C=O) groups is 2. The molecule has 0 aliphatic carbocycles. The van der Waals surface area contributed by atoms with Crippen LogP contribution in [0.1, 0.15) is 10.4 Å². The zero-order chi connectivity index (χ0) is 18.5. The molecule has 2 aromatic rings. The third-order valence-electron chi connectivity index (χ3n) is 4.24. The number of rotatable bonds is 5. The summed E-state index contributed by atoms with van der Waals surface area (Å²) >= 11 is 0. The van der Waals surface area contributed by atoms with Gasteiger partial charge in [0.15, 0.2) is 0 Å². The minimum atomic E-state index is -1.07. The number of amides is 2. The highest BCUT2D eigenvalue weighted by atomic mass is 16.5. The highest BCUT2D eigenvalue weighted by molar-refractivity contribution is 6.00. The molecule has 1 saturated heterocycles. The number of aromatic nitrogens is 1. The van der Waals surface area contributed by atoms with Gasteiger partial charge in [-0.25, -0.2) is 0 Å². The summed E-state index contributed by atoms with van der Waals surface area (Å²) in [6.07, 6.45) is 3.62. The van der Waals surface area contributed by atoms with E-state index in [2.05, 4.69) is 5.32 Å². The standard InChI is InChI=1S/C18H21N3O5/c22-12-15(18(25)21-7-9-26-10-8-21)19-17(24)14-11-13(3-4-16(14)23)20-5-1-2-6-20/h1-6,11,15,22-23H,7-10,12H2,(H,19,24). The Morgan fingerprint density at radius 2 is 1.88 bits per heavy atom. The van der Waals surface area contributed by atoms with E-state index >= 15 is 0 Å². The van der Waals surface area contributed by atoms with E-state index in [1.165, 1.54) is 12.1 Å². The largest absolute Gasteiger partial charge is 0.507 e. The summed E-state index contributed by atoms with van der Waals surface area (Å²) in [6.45, 7) is 1.16. The zero-order valence-corrected chi connectivity index (χ0v) is 14.2. The number of hydrogen-bond donors (Lipinski definition) is 3. The van der Waals surface area contributed by atoms with Gasteiger partial charge in [0, 0.05) is 31.2 Å². The number of aliphatic hydroxyl groups excluding tert-OH is 1. The maximum Gasteiger partial charge on any atom is 0.255 e. The lowest BCUT2D eigenvalue weighted by Gasteiger charge is -2.30. The molecule has 8 nitrogen and oxygen atoms in total. The number of nitrogens with one attached hydrogen (secondary N) is 1. The number of aliphatic hydroxyl groups is 1. The Balaban J connectivity index is 1.75. The van der Waals surface area contributed by atoms with Crippen molar-refractivity contribution >= 4 is 11.8 Å². The van der Waals surface area contributed by atoms with Crippen molar-refractivity contribution in [2.24, 2.45) is 0 Å². The van der Waals surface area contributed by atoms with E-state index < -0.39 is 18.6 Å². The molecule has 1 unspecified atom stereocenters. The van der Waals surface area contributed by atoms with Gasteiger partial charge in [0.1, 0.15) is 11.8 Å². The van der Waals surface area contributed by atoms with Gasteiger partial charge in [0.25, 0.3) is 5.91 Å². The molecule has 0 saturated carbocycles. The predicted molar refractivity (Wildman–Crippen MR) is 93.2 cm³/mol. The van der Waals surface area contributed by atoms with E-state index in [9.17, 15) is 19.8 Å². The maximum absolute atomic E-state index is 12.6. The maximum atomic E-state index is 12.6. The Morgan fingerprint density at radius 1 is 1.19 bits per heavy atom. The second-order valence-electron chi connectivity index (χ2n) is 5.94. The average molecular weight is 359 g/mol. The van der Waals surface area contributed by atoms with E-state index in [1.807, 2.05) is 24.5 Å². The Morgan fingerprint density at radius 3 is 2.54 bits per heavy atom. The molecule has 0 radical (unpaired) electrons. The van der Waals surface area contributed by atoms with E-state index in [0.717, 1.165) is 0 Å². The molecular weight excluding hydrogens is 338 g/mol. The lowest BCUT2D eigenvalue weighted by Crippen LogP contribution is -2.53. The third kappa shape index (κ3) is 3.87. The number of morpholine rings is 1. The summed E-state index contributed by atoms with van der Waals surface area (Å²) in [7, 11) is 0. The number of carbonyl (C=O) groups excluding carboxylic acids is 2. The molecule has 26 heavy (non-hydrogen) atoms. The Kier molecular flexibility index (Phi) is 5.55. The minimum Gasteiger partial charge on any atom is -0.507 e. The predicted octanol–water partition coefficient (Wildman–Crippen LogP) is 0.132. The van der Waals surface area contributed by atoms with Crippen LogP contribution >= 0.6 is 0 Å². The molecule has 1 aliphatic rings. The SMILES string of the molecule is O=C(NC(CO)C(=O)N1CCOCC1)c1cc(-n2cccc2)ccc1O. The van der Waals surface area contributed by atoms with Gasteiger partial charge < -0.3 is 29.7 Å². The number of hydrogen-bond acceptors (Lipinski definition) is 5. The summed E-state index contributed by atoms with van der Waals surface area (Å²) in [5.41, 5.74) is 0.724. The normalized spacial score (nSPS) is 15.5. The molecule has 8 heteroatoms. The van der Waals surface area contributed by atoms with Crippen LogP contribution in [0.3, 0.4) is 0 Å². The van der Waals surface area contributed by atoms with Gasteiger partial charge in [-0.15, -0.1) is 0 Å². The van der Waals surface area contributed by atoms with Gasteiger partial charge in [0.05, 0.1) is 25.4 Å². The van der Waals surface area contributed by atoms with Crippen molar-refractivity contribution < 1.29 is 24.5 Å². The highest BCUT2D eigenvalue weighted by Crippen LogP contribution is 2.21. The van der Waals surface area contributed by atoms with Crippen LogP contribution in [0.4, 0.5) is 0 Å². The van der Waals surface area contributed by atoms with E-state index in [1.54, 1.807) is 15.5 Å². The molecule has 0 spiro atoms. The Labute approximate surface area is 150 Å². The first-order valence-electron chi connectivity index (χ1n) is 8.35.